The van der Waals surface area contributed by atoms with Crippen LogP contribution in [0, 0.1) is 0 Å². The number of nitrogens with zero attached hydrogens (tertiary/aromatic N) is 4. The van der Waals surface area contributed by atoms with Crippen LogP contribution in [0.3, 0.4) is 0 Å². The molecular weight excluding hydrogens is 240 g/mol. The minimum atomic E-state index is -0.0439. The maximum atomic E-state index is 11.9. The quantitative estimate of drug-likeness (QED) is 0.837. The number of hydrogen-bond donors (Lipinski definition) is 0. The van der Waals surface area contributed by atoms with Crippen molar-refractivity contribution < 1.29 is 4.79 Å². The van der Waals surface area contributed by atoms with Gasteiger partial charge >= 0.3 is 0 Å². The van der Waals surface area contributed by atoms with Gasteiger partial charge in [-0.3, -0.25) is 9.78 Å². The molecule has 5 heteroatoms. The van der Waals surface area contributed by atoms with Gasteiger partial charge in [-0.15, -0.1) is 0 Å². The summed E-state index contributed by atoms with van der Waals surface area (Å²) in [5.74, 6) is 0.520. The molecule has 1 amide bonds. The van der Waals surface area contributed by atoms with Crippen LogP contribution in [-0.4, -0.2) is 21.6 Å². The van der Waals surface area contributed by atoms with E-state index in [4.69, 9.17) is 0 Å². The molecule has 2 aromatic rings. The van der Waals surface area contributed by atoms with E-state index in [1.807, 2.05) is 24.3 Å². The Hall–Kier alpha value is -2.56. The lowest BCUT2D eigenvalue weighted by Crippen LogP contribution is -2.20. The van der Waals surface area contributed by atoms with Gasteiger partial charge in [-0.25, -0.2) is 4.98 Å². The van der Waals surface area contributed by atoms with Gasteiger partial charge in [0.25, 0.3) is 5.91 Å². The zero-order valence-electron chi connectivity index (χ0n) is 10.2. The van der Waals surface area contributed by atoms with Crippen molar-refractivity contribution in [2.75, 3.05) is 5.01 Å². The molecule has 0 radical (unpaired) electrons. The highest BCUT2D eigenvalue weighted by atomic mass is 16.2. The van der Waals surface area contributed by atoms with E-state index in [0.717, 1.165) is 11.3 Å². The molecule has 0 aromatic carbocycles. The number of pyridine rings is 2. The number of carbonyl (C=O) groups is 1. The van der Waals surface area contributed by atoms with E-state index in [2.05, 4.69) is 15.1 Å². The zero-order valence-corrected chi connectivity index (χ0v) is 10.2. The molecule has 94 valence electrons. The molecule has 19 heavy (non-hydrogen) atoms. The van der Waals surface area contributed by atoms with Crippen molar-refractivity contribution in [1.82, 2.24) is 9.97 Å². The van der Waals surface area contributed by atoms with E-state index in [-0.39, 0.29) is 5.91 Å². The predicted octanol–water partition coefficient (Wildman–Crippen LogP) is 1.81. The Balaban J connectivity index is 1.80. The largest absolute Gasteiger partial charge is 0.272 e. The molecule has 0 N–H and O–H groups in total. The van der Waals surface area contributed by atoms with Crippen LogP contribution in [0.1, 0.15) is 12.0 Å². The molecule has 3 rings (SSSR count). The van der Waals surface area contributed by atoms with Crippen molar-refractivity contribution in [3.05, 3.63) is 54.5 Å². The highest BCUT2D eigenvalue weighted by Gasteiger charge is 2.25. The number of aromatic nitrogens is 2. The number of hydrazone groups is 1. The first-order chi connectivity index (χ1) is 9.33. The summed E-state index contributed by atoms with van der Waals surface area (Å²) in [7, 11) is 0. The monoisotopic (exact) mass is 252 g/mol. The SMILES string of the molecule is O=C1CC(Cc2cccnc2)=NN1c1ccccn1. The van der Waals surface area contributed by atoms with Crippen molar-refractivity contribution in [2.24, 2.45) is 5.10 Å². The van der Waals surface area contributed by atoms with Gasteiger partial charge in [0.1, 0.15) is 0 Å². The highest BCUT2D eigenvalue weighted by Crippen LogP contribution is 2.18. The fourth-order valence-corrected chi connectivity index (χ4v) is 1.98. The Morgan fingerprint density at radius 3 is 2.84 bits per heavy atom. The van der Waals surface area contributed by atoms with Crippen molar-refractivity contribution in [3.8, 4) is 0 Å². The van der Waals surface area contributed by atoms with E-state index in [0.29, 0.717) is 18.7 Å². The first-order valence-corrected chi connectivity index (χ1v) is 6.02. The standard InChI is InChI=1S/C14H12N4O/c19-14-9-12(8-11-4-3-6-15-10-11)17-18(14)13-5-1-2-7-16-13/h1-7,10H,8-9H2. The minimum Gasteiger partial charge on any atom is -0.272 e. The zero-order chi connectivity index (χ0) is 13.1. The number of hydrogen-bond acceptors (Lipinski definition) is 4. The van der Waals surface area contributed by atoms with Crippen molar-refractivity contribution in [1.29, 1.82) is 0 Å². The van der Waals surface area contributed by atoms with Crippen molar-refractivity contribution in [3.63, 3.8) is 0 Å². The average Bonchev–Trinajstić information content (AvgIpc) is 2.82. The van der Waals surface area contributed by atoms with Gasteiger partial charge in [0.05, 0.1) is 12.1 Å². The second-order valence-corrected chi connectivity index (χ2v) is 4.27. The average molecular weight is 252 g/mol. The molecule has 0 bridgehead atoms. The molecule has 1 aliphatic heterocycles. The van der Waals surface area contributed by atoms with Gasteiger partial charge in [-0.1, -0.05) is 12.1 Å². The van der Waals surface area contributed by atoms with E-state index < -0.39 is 0 Å². The Kier molecular flexibility index (Phi) is 3.02. The number of anilines is 1. The summed E-state index contributed by atoms with van der Waals surface area (Å²) in [6, 6.07) is 9.27. The molecule has 0 atom stereocenters. The molecule has 1 aliphatic rings. The number of carbonyl (C=O) groups excluding carboxylic acids is 1. The van der Waals surface area contributed by atoms with Crippen LogP contribution in [-0.2, 0) is 11.2 Å². The smallest absolute Gasteiger partial charge is 0.254 e. The topological polar surface area (TPSA) is 58.5 Å². The molecule has 0 aliphatic carbocycles. The second-order valence-electron chi connectivity index (χ2n) is 4.27. The van der Waals surface area contributed by atoms with Gasteiger partial charge in [0, 0.05) is 25.0 Å². The third-order valence-electron chi connectivity index (χ3n) is 2.83. The number of rotatable bonds is 3. The predicted molar refractivity (Wildman–Crippen MR) is 71.7 cm³/mol. The van der Waals surface area contributed by atoms with E-state index in [9.17, 15) is 4.79 Å². The lowest BCUT2D eigenvalue weighted by molar-refractivity contribution is -0.116. The summed E-state index contributed by atoms with van der Waals surface area (Å²) < 4.78 is 0. The lowest BCUT2D eigenvalue weighted by atomic mass is 10.1. The summed E-state index contributed by atoms with van der Waals surface area (Å²) in [4.78, 5) is 20.1. The first kappa shape index (κ1) is 11.5. The molecule has 3 heterocycles. The fraction of sp³-hybridized carbons (Fsp3) is 0.143. The van der Waals surface area contributed by atoms with E-state index >= 15 is 0 Å². The Bertz CT molecular complexity index is 610. The summed E-state index contributed by atoms with van der Waals surface area (Å²) in [5.41, 5.74) is 1.89. The van der Waals surface area contributed by atoms with Crippen LogP contribution in [0.15, 0.2) is 54.0 Å². The molecule has 0 unspecified atom stereocenters. The van der Waals surface area contributed by atoms with Gasteiger partial charge < -0.3 is 0 Å². The molecule has 2 aromatic heterocycles. The Morgan fingerprint density at radius 2 is 2.11 bits per heavy atom. The van der Waals surface area contributed by atoms with Gasteiger partial charge in [0.2, 0.25) is 0 Å². The van der Waals surface area contributed by atoms with Crippen molar-refractivity contribution in [2.45, 2.75) is 12.8 Å². The maximum absolute atomic E-state index is 11.9. The minimum absolute atomic E-state index is 0.0439. The Morgan fingerprint density at radius 1 is 1.16 bits per heavy atom. The number of amides is 1. The third-order valence-corrected chi connectivity index (χ3v) is 2.83. The molecular formula is C14H12N4O. The third kappa shape index (κ3) is 2.49. The van der Waals surface area contributed by atoms with Crippen LogP contribution in [0.25, 0.3) is 0 Å². The highest BCUT2D eigenvalue weighted by molar-refractivity contribution is 6.13. The van der Waals surface area contributed by atoms with Crippen LogP contribution < -0.4 is 5.01 Å². The van der Waals surface area contributed by atoms with Crippen LogP contribution >= 0.6 is 0 Å². The first-order valence-electron chi connectivity index (χ1n) is 6.02. The lowest BCUT2D eigenvalue weighted by Gasteiger charge is -2.08. The van der Waals surface area contributed by atoms with Gasteiger partial charge in [-0.05, 0) is 23.8 Å². The maximum Gasteiger partial charge on any atom is 0.254 e. The van der Waals surface area contributed by atoms with Crippen LogP contribution in [0.2, 0.25) is 0 Å². The van der Waals surface area contributed by atoms with Crippen LogP contribution in [0.4, 0.5) is 5.82 Å². The summed E-state index contributed by atoms with van der Waals surface area (Å²) in [6.45, 7) is 0. The van der Waals surface area contributed by atoms with E-state index in [1.54, 1.807) is 24.7 Å². The molecule has 0 fully saturated rings. The van der Waals surface area contributed by atoms with Gasteiger partial charge in [-0.2, -0.15) is 10.1 Å². The normalized spacial score (nSPS) is 14.6. The molecule has 0 spiro atoms. The van der Waals surface area contributed by atoms with E-state index in [1.165, 1.54) is 5.01 Å². The fourth-order valence-electron chi connectivity index (χ4n) is 1.98. The Labute approximate surface area is 110 Å². The summed E-state index contributed by atoms with van der Waals surface area (Å²) in [5, 5.41) is 5.71. The van der Waals surface area contributed by atoms with Crippen LogP contribution in [0.5, 0.6) is 0 Å². The second kappa shape index (κ2) is 4.97. The molecule has 5 nitrogen and oxygen atoms in total. The molecule has 0 saturated heterocycles. The van der Waals surface area contributed by atoms with Crippen molar-refractivity contribution >= 4 is 17.4 Å². The summed E-state index contributed by atoms with van der Waals surface area (Å²) in [6.07, 6.45) is 6.15. The summed E-state index contributed by atoms with van der Waals surface area (Å²) >= 11 is 0. The van der Waals surface area contributed by atoms with Gasteiger partial charge in [0.15, 0.2) is 5.82 Å². The molecule has 0 saturated carbocycles.